The summed E-state index contributed by atoms with van der Waals surface area (Å²) in [6.07, 6.45) is 0. The first-order chi connectivity index (χ1) is 12.0. The van der Waals surface area contributed by atoms with Gasteiger partial charge in [0.15, 0.2) is 6.61 Å². The molecule has 0 aliphatic heterocycles. The number of anilines is 1. The van der Waals surface area contributed by atoms with Crippen molar-refractivity contribution in [2.75, 3.05) is 24.8 Å². The van der Waals surface area contributed by atoms with Crippen LogP contribution in [0.3, 0.4) is 0 Å². The second-order valence-corrected chi connectivity index (χ2v) is 6.62. The van der Waals surface area contributed by atoms with Crippen LogP contribution >= 0.6 is 23.4 Å². The standard InChI is InChI=1S/C18H18ClNO4S/c1-3-25-16-7-5-4-6-13(16)18(22)24-11-17(21)20-12-8-9-15(23-2)14(19)10-12/h4-10H,3,11H2,1-2H3,(H,20,21). The summed E-state index contributed by atoms with van der Waals surface area (Å²) in [4.78, 5) is 25.0. The number of rotatable bonds is 7. The van der Waals surface area contributed by atoms with Gasteiger partial charge in [0.05, 0.1) is 17.7 Å². The second-order valence-electron chi connectivity index (χ2n) is 4.90. The highest BCUT2D eigenvalue weighted by Gasteiger charge is 2.14. The van der Waals surface area contributed by atoms with Gasteiger partial charge in [0.25, 0.3) is 5.91 Å². The molecular weight excluding hydrogens is 362 g/mol. The molecule has 0 aromatic heterocycles. The fourth-order valence-electron chi connectivity index (χ4n) is 2.07. The van der Waals surface area contributed by atoms with Gasteiger partial charge >= 0.3 is 5.97 Å². The van der Waals surface area contributed by atoms with Crippen molar-refractivity contribution >= 4 is 40.9 Å². The van der Waals surface area contributed by atoms with Crippen molar-refractivity contribution in [3.63, 3.8) is 0 Å². The molecule has 1 N–H and O–H groups in total. The lowest BCUT2D eigenvalue weighted by Gasteiger charge is -2.10. The molecule has 2 aromatic carbocycles. The zero-order chi connectivity index (χ0) is 18.2. The molecule has 0 bridgehead atoms. The van der Waals surface area contributed by atoms with Crippen molar-refractivity contribution in [2.24, 2.45) is 0 Å². The van der Waals surface area contributed by atoms with E-state index in [0.717, 1.165) is 10.6 Å². The summed E-state index contributed by atoms with van der Waals surface area (Å²) in [7, 11) is 1.51. The highest BCUT2D eigenvalue weighted by atomic mass is 35.5. The van der Waals surface area contributed by atoms with Crippen LogP contribution in [-0.4, -0.2) is 31.3 Å². The van der Waals surface area contributed by atoms with Crippen molar-refractivity contribution in [3.8, 4) is 5.75 Å². The van der Waals surface area contributed by atoms with E-state index < -0.39 is 11.9 Å². The summed E-state index contributed by atoms with van der Waals surface area (Å²) in [6.45, 7) is 1.62. The molecule has 1 amide bonds. The molecule has 0 heterocycles. The Morgan fingerprint density at radius 1 is 1.20 bits per heavy atom. The molecule has 0 aliphatic rings. The van der Waals surface area contributed by atoms with Gasteiger partial charge in [0.2, 0.25) is 0 Å². The number of carbonyl (C=O) groups is 2. The first-order valence-electron chi connectivity index (χ1n) is 7.57. The Balaban J connectivity index is 1.93. The quantitative estimate of drug-likeness (QED) is 0.575. The fourth-order valence-corrected chi connectivity index (χ4v) is 3.12. The van der Waals surface area contributed by atoms with Crippen molar-refractivity contribution in [2.45, 2.75) is 11.8 Å². The highest BCUT2D eigenvalue weighted by molar-refractivity contribution is 7.99. The Morgan fingerprint density at radius 3 is 2.64 bits per heavy atom. The number of hydrogen-bond acceptors (Lipinski definition) is 5. The lowest BCUT2D eigenvalue weighted by atomic mass is 10.2. The van der Waals surface area contributed by atoms with Crippen LogP contribution in [0.15, 0.2) is 47.4 Å². The van der Waals surface area contributed by atoms with E-state index in [1.165, 1.54) is 7.11 Å². The second kappa shape index (κ2) is 9.34. The summed E-state index contributed by atoms with van der Waals surface area (Å²) in [5, 5.41) is 3.00. The summed E-state index contributed by atoms with van der Waals surface area (Å²) in [5.74, 6) is 0.369. The van der Waals surface area contributed by atoms with Crippen LogP contribution in [0, 0.1) is 0 Å². The van der Waals surface area contributed by atoms with Gasteiger partial charge in [-0.05, 0) is 36.1 Å². The molecule has 7 heteroatoms. The predicted molar refractivity (Wildman–Crippen MR) is 99.8 cm³/mol. The van der Waals surface area contributed by atoms with Gasteiger partial charge < -0.3 is 14.8 Å². The van der Waals surface area contributed by atoms with Gasteiger partial charge in [0.1, 0.15) is 5.75 Å². The Labute approximate surface area is 155 Å². The fraction of sp³-hybridized carbons (Fsp3) is 0.222. The molecule has 0 atom stereocenters. The molecule has 2 rings (SSSR count). The van der Waals surface area contributed by atoms with Crippen molar-refractivity contribution in [1.82, 2.24) is 0 Å². The van der Waals surface area contributed by atoms with Crippen molar-refractivity contribution in [1.29, 1.82) is 0 Å². The van der Waals surface area contributed by atoms with E-state index in [1.54, 1.807) is 42.1 Å². The molecular formula is C18H18ClNO4S. The zero-order valence-electron chi connectivity index (χ0n) is 13.9. The lowest BCUT2D eigenvalue weighted by Crippen LogP contribution is -2.21. The number of hydrogen-bond donors (Lipinski definition) is 1. The van der Waals surface area contributed by atoms with E-state index in [9.17, 15) is 9.59 Å². The number of nitrogens with one attached hydrogen (secondary N) is 1. The number of ether oxygens (including phenoxy) is 2. The number of halogens is 1. The maximum absolute atomic E-state index is 12.2. The minimum Gasteiger partial charge on any atom is -0.495 e. The van der Waals surface area contributed by atoms with E-state index >= 15 is 0 Å². The topological polar surface area (TPSA) is 64.6 Å². The normalized spacial score (nSPS) is 10.2. The minimum absolute atomic E-state index is 0.378. The number of benzene rings is 2. The minimum atomic E-state index is -0.528. The van der Waals surface area contributed by atoms with Crippen LogP contribution < -0.4 is 10.1 Å². The number of esters is 1. The molecule has 0 aliphatic carbocycles. The number of methoxy groups -OCH3 is 1. The summed E-state index contributed by atoms with van der Waals surface area (Å²) in [5.41, 5.74) is 0.948. The third-order valence-electron chi connectivity index (χ3n) is 3.18. The van der Waals surface area contributed by atoms with Gasteiger partial charge in [-0.2, -0.15) is 0 Å². The van der Waals surface area contributed by atoms with Gasteiger partial charge in [-0.3, -0.25) is 4.79 Å². The van der Waals surface area contributed by atoms with Crippen molar-refractivity contribution < 1.29 is 19.1 Å². The SMILES string of the molecule is CCSc1ccccc1C(=O)OCC(=O)Nc1ccc(OC)c(Cl)c1. The van der Waals surface area contributed by atoms with Gasteiger partial charge in [-0.25, -0.2) is 4.79 Å². The Bertz CT molecular complexity index is 766. The van der Waals surface area contributed by atoms with E-state index in [2.05, 4.69) is 5.32 Å². The average molecular weight is 380 g/mol. The number of carbonyl (C=O) groups excluding carboxylic acids is 2. The maximum atomic E-state index is 12.2. The Kier molecular flexibility index (Phi) is 7.16. The highest BCUT2D eigenvalue weighted by Crippen LogP contribution is 2.27. The number of thioether (sulfide) groups is 1. The van der Waals surface area contributed by atoms with Crippen LogP contribution in [0.4, 0.5) is 5.69 Å². The first kappa shape index (κ1) is 19.1. The van der Waals surface area contributed by atoms with Crippen LogP contribution in [0.1, 0.15) is 17.3 Å². The third-order valence-corrected chi connectivity index (χ3v) is 4.43. The zero-order valence-corrected chi connectivity index (χ0v) is 15.4. The molecule has 0 saturated heterocycles. The monoisotopic (exact) mass is 379 g/mol. The van der Waals surface area contributed by atoms with E-state index in [0.29, 0.717) is 22.0 Å². The molecule has 0 unspecified atom stereocenters. The number of amides is 1. The smallest absolute Gasteiger partial charge is 0.339 e. The van der Waals surface area contributed by atoms with Crippen LogP contribution in [0.2, 0.25) is 5.02 Å². The van der Waals surface area contributed by atoms with Gasteiger partial charge in [-0.1, -0.05) is 30.7 Å². The maximum Gasteiger partial charge on any atom is 0.339 e. The van der Waals surface area contributed by atoms with Crippen LogP contribution in [0.25, 0.3) is 0 Å². The summed E-state index contributed by atoms with van der Waals surface area (Å²) >= 11 is 7.55. The molecule has 0 spiro atoms. The van der Waals surface area contributed by atoms with Crippen LogP contribution in [-0.2, 0) is 9.53 Å². The molecule has 2 aromatic rings. The molecule has 0 saturated carbocycles. The predicted octanol–water partition coefficient (Wildman–Crippen LogP) is 4.26. The summed E-state index contributed by atoms with van der Waals surface area (Å²) in [6, 6.07) is 12.0. The Morgan fingerprint density at radius 2 is 1.96 bits per heavy atom. The third kappa shape index (κ3) is 5.41. The largest absolute Gasteiger partial charge is 0.495 e. The Hall–Kier alpha value is -2.18. The van der Waals surface area contributed by atoms with E-state index in [4.69, 9.17) is 21.1 Å². The first-order valence-corrected chi connectivity index (χ1v) is 8.93. The van der Waals surface area contributed by atoms with Gasteiger partial charge in [-0.15, -0.1) is 11.8 Å². The lowest BCUT2D eigenvalue weighted by molar-refractivity contribution is -0.119. The van der Waals surface area contributed by atoms with Gasteiger partial charge in [0, 0.05) is 10.6 Å². The van der Waals surface area contributed by atoms with Crippen molar-refractivity contribution in [3.05, 3.63) is 53.1 Å². The van der Waals surface area contributed by atoms with E-state index in [-0.39, 0.29) is 6.61 Å². The molecule has 0 fully saturated rings. The molecule has 5 nitrogen and oxygen atoms in total. The molecule has 25 heavy (non-hydrogen) atoms. The van der Waals surface area contributed by atoms with E-state index in [1.807, 2.05) is 19.1 Å². The molecule has 0 radical (unpaired) electrons. The molecule has 132 valence electrons. The average Bonchev–Trinajstić information content (AvgIpc) is 2.60. The summed E-state index contributed by atoms with van der Waals surface area (Å²) < 4.78 is 10.2. The van der Waals surface area contributed by atoms with Crippen LogP contribution in [0.5, 0.6) is 5.75 Å².